The fraction of sp³-hybridized carbons (Fsp3) is 0.500. The number of pyridine rings is 1. The first-order valence-corrected chi connectivity index (χ1v) is 5.56. The normalized spacial score (nSPS) is 18.9. The quantitative estimate of drug-likeness (QED) is 0.638. The van der Waals surface area contributed by atoms with Crippen LogP contribution in [0, 0.1) is 6.92 Å². The number of aryl methyl sites for hydroxylation is 1. The summed E-state index contributed by atoms with van der Waals surface area (Å²) in [6, 6.07) is 4.34. The molecular formula is C10H14BrNOS. The van der Waals surface area contributed by atoms with Crippen molar-refractivity contribution in [3.8, 4) is 0 Å². The summed E-state index contributed by atoms with van der Waals surface area (Å²) in [4.78, 5) is 0. The van der Waals surface area contributed by atoms with Gasteiger partial charge in [-0.1, -0.05) is 0 Å². The van der Waals surface area contributed by atoms with Crippen molar-refractivity contribution >= 4 is 11.8 Å². The number of fused-ring (bicyclic) bond motifs is 1. The van der Waals surface area contributed by atoms with Gasteiger partial charge < -0.3 is 21.7 Å². The van der Waals surface area contributed by atoms with Crippen molar-refractivity contribution in [3.05, 3.63) is 23.9 Å². The van der Waals surface area contributed by atoms with Crippen LogP contribution in [-0.4, -0.2) is 12.4 Å². The molecule has 0 aromatic carbocycles. The second-order valence-electron chi connectivity index (χ2n) is 3.17. The molecule has 1 unspecified atom stereocenters. The number of thioether (sulfide) groups is 1. The Hall–Kier alpha value is -0.0600. The maximum absolute atomic E-state index is 5.61. The van der Waals surface area contributed by atoms with Gasteiger partial charge >= 0.3 is 0 Å². The summed E-state index contributed by atoms with van der Waals surface area (Å²) >= 11 is 1.87. The average molecular weight is 276 g/mol. The standard InChI is InChI=1S/C10H14NOS.BrH/c1-3-12-9-7-13-10-6-8(2)4-5-11(9)10;/h4-6,9H,3,7H2,1-2H3;1H/q+1;/p-1. The number of aromatic nitrogens is 1. The lowest BCUT2D eigenvalue weighted by Crippen LogP contribution is -3.00. The molecule has 2 rings (SSSR count). The Labute approximate surface area is 99.4 Å². The zero-order chi connectivity index (χ0) is 9.26. The second kappa shape index (κ2) is 5.14. The molecule has 1 aromatic rings. The van der Waals surface area contributed by atoms with Gasteiger partial charge in [0.1, 0.15) is 0 Å². The molecule has 1 aromatic heterocycles. The van der Waals surface area contributed by atoms with Crippen LogP contribution in [0.2, 0.25) is 0 Å². The van der Waals surface area contributed by atoms with Gasteiger partial charge in [-0.25, -0.2) is 0 Å². The van der Waals surface area contributed by atoms with Crippen LogP contribution >= 0.6 is 11.8 Å². The van der Waals surface area contributed by atoms with Gasteiger partial charge in [-0.3, -0.25) is 0 Å². The second-order valence-corrected chi connectivity index (χ2v) is 4.21. The van der Waals surface area contributed by atoms with E-state index in [4.69, 9.17) is 4.74 Å². The molecule has 2 nitrogen and oxygen atoms in total. The molecule has 78 valence electrons. The van der Waals surface area contributed by atoms with Gasteiger partial charge in [0, 0.05) is 12.1 Å². The lowest BCUT2D eigenvalue weighted by Gasteiger charge is -2.04. The van der Waals surface area contributed by atoms with Crippen LogP contribution < -0.4 is 21.5 Å². The fourth-order valence-electron chi connectivity index (χ4n) is 1.50. The Morgan fingerprint density at radius 1 is 1.64 bits per heavy atom. The summed E-state index contributed by atoms with van der Waals surface area (Å²) in [5.41, 5.74) is 1.32. The molecule has 2 heterocycles. The summed E-state index contributed by atoms with van der Waals surface area (Å²) < 4.78 is 7.82. The van der Waals surface area contributed by atoms with Gasteiger partial charge in [0.15, 0.2) is 6.20 Å². The highest BCUT2D eigenvalue weighted by atomic mass is 79.9. The Morgan fingerprint density at radius 2 is 2.43 bits per heavy atom. The molecule has 0 spiro atoms. The Morgan fingerprint density at radius 3 is 3.14 bits per heavy atom. The highest BCUT2D eigenvalue weighted by Gasteiger charge is 2.31. The molecule has 0 saturated carbocycles. The first-order chi connectivity index (χ1) is 6.31. The number of hydrogen-bond acceptors (Lipinski definition) is 2. The highest BCUT2D eigenvalue weighted by molar-refractivity contribution is 7.99. The van der Waals surface area contributed by atoms with E-state index < -0.39 is 0 Å². The first-order valence-electron chi connectivity index (χ1n) is 4.57. The lowest BCUT2D eigenvalue weighted by molar-refractivity contribution is -0.783. The zero-order valence-electron chi connectivity index (χ0n) is 8.37. The molecular weight excluding hydrogens is 262 g/mol. The maximum atomic E-state index is 5.61. The van der Waals surface area contributed by atoms with Crippen molar-refractivity contribution in [2.45, 2.75) is 25.1 Å². The molecule has 0 saturated heterocycles. The number of halogens is 1. The lowest BCUT2D eigenvalue weighted by atomic mass is 10.3. The van der Waals surface area contributed by atoms with Crippen molar-refractivity contribution in [2.75, 3.05) is 12.4 Å². The van der Waals surface area contributed by atoms with E-state index in [0.717, 1.165) is 12.4 Å². The Balaban J connectivity index is 0.000000980. The van der Waals surface area contributed by atoms with Gasteiger partial charge in [-0.15, -0.1) is 0 Å². The number of ether oxygens (including phenoxy) is 1. The molecule has 0 bridgehead atoms. The predicted octanol–water partition coefficient (Wildman–Crippen LogP) is -1.07. The van der Waals surface area contributed by atoms with E-state index in [9.17, 15) is 0 Å². The van der Waals surface area contributed by atoms with E-state index in [2.05, 4.69) is 29.8 Å². The summed E-state index contributed by atoms with van der Waals surface area (Å²) in [5.74, 6) is 1.04. The minimum absolute atomic E-state index is 0. The van der Waals surface area contributed by atoms with Crippen LogP contribution in [0.15, 0.2) is 23.4 Å². The molecule has 1 aliphatic rings. The minimum atomic E-state index is 0. The molecule has 0 fully saturated rings. The highest BCUT2D eigenvalue weighted by Crippen LogP contribution is 2.26. The predicted molar refractivity (Wildman–Crippen MR) is 52.8 cm³/mol. The SMILES string of the molecule is CCOC1CSc2cc(C)cc[n+]21.[Br-]. The van der Waals surface area contributed by atoms with Gasteiger partial charge in [-0.05, 0) is 31.2 Å². The Bertz CT molecular complexity index is 319. The third-order valence-corrected chi connectivity index (χ3v) is 3.22. The monoisotopic (exact) mass is 275 g/mol. The van der Waals surface area contributed by atoms with Crippen LogP contribution in [-0.2, 0) is 4.74 Å². The van der Waals surface area contributed by atoms with Crippen LogP contribution in [0.1, 0.15) is 18.7 Å². The van der Waals surface area contributed by atoms with Crippen LogP contribution in [0.5, 0.6) is 0 Å². The third kappa shape index (κ3) is 2.30. The number of nitrogens with zero attached hydrogens (tertiary/aromatic N) is 1. The molecule has 4 heteroatoms. The molecule has 1 aliphatic heterocycles. The Kier molecular flexibility index (Phi) is 4.41. The molecule has 0 aliphatic carbocycles. The van der Waals surface area contributed by atoms with E-state index in [1.54, 1.807) is 0 Å². The van der Waals surface area contributed by atoms with Gasteiger partial charge in [-0.2, -0.15) is 4.57 Å². The van der Waals surface area contributed by atoms with E-state index >= 15 is 0 Å². The molecule has 14 heavy (non-hydrogen) atoms. The summed E-state index contributed by atoms with van der Waals surface area (Å²) in [5, 5.41) is 1.32. The number of rotatable bonds is 2. The largest absolute Gasteiger partial charge is 1.00 e. The van der Waals surface area contributed by atoms with E-state index in [0.29, 0.717) is 0 Å². The molecule has 0 N–H and O–H groups in total. The van der Waals surface area contributed by atoms with Gasteiger partial charge in [0.05, 0.1) is 12.4 Å². The summed E-state index contributed by atoms with van der Waals surface area (Å²) in [6.07, 6.45) is 2.36. The van der Waals surface area contributed by atoms with Crippen molar-refractivity contribution in [3.63, 3.8) is 0 Å². The van der Waals surface area contributed by atoms with E-state index in [1.165, 1.54) is 10.6 Å². The first kappa shape index (κ1) is 12.0. The maximum Gasteiger partial charge on any atom is 0.273 e. The average Bonchev–Trinajstić information content (AvgIpc) is 2.49. The van der Waals surface area contributed by atoms with E-state index in [1.807, 2.05) is 18.7 Å². The van der Waals surface area contributed by atoms with Crippen molar-refractivity contribution in [1.82, 2.24) is 0 Å². The smallest absolute Gasteiger partial charge is 0.273 e. The van der Waals surface area contributed by atoms with Gasteiger partial charge in [0.25, 0.3) is 6.23 Å². The zero-order valence-corrected chi connectivity index (χ0v) is 10.8. The fourth-order valence-corrected chi connectivity index (χ4v) is 2.67. The summed E-state index contributed by atoms with van der Waals surface area (Å²) in [7, 11) is 0. The van der Waals surface area contributed by atoms with Crippen molar-refractivity contribution in [1.29, 1.82) is 0 Å². The number of hydrogen-bond donors (Lipinski definition) is 0. The molecule has 1 atom stereocenters. The van der Waals surface area contributed by atoms with Crippen LogP contribution in [0.3, 0.4) is 0 Å². The van der Waals surface area contributed by atoms with E-state index in [-0.39, 0.29) is 23.2 Å². The van der Waals surface area contributed by atoms with Crippen molar-refractivity contribution < 1.29 is 26.3 Å². The van der Waals surface area contributed by atoms with Crippen LogP contribution in [0.25, 0.3) is 0 Å². The van der Waals surface area contributed by atoms with Crippen LogP contribution in [0.4, 0.5) is 0 Å². The summed E-state index contributed by atoms with van der Waals surface area (Å²) in [6.45, 7) is 4.94. The van der Waals surface area contributed by atoms with Gasteiger partial charge in [0.2, 0.25) is 5.03 Å². The molecule has 0 radical (unpaired) electrons. The molecule has 0 amide bonds. The van der Waals surface area contributed by atoms with Crippen molar-refractivity contribution in [2.24, 2.45) is 0 Å². The third-order valence-electron chi connectivity index (χ3n) is 2.15. The topological polar surface area (TPSA) is 13.1 Å². The minimum Gasteiger partial charge on any atom is -1.00 e.